The van der Waals surface area contributed by atoms with Crippen LogP contribution in [0.1, 0.15) is 6.92 Å². The molecule has 0 heterocycles. The van der Waals surface area contributed by atoms with Gasteiger partial charge in [0.05, 0.1) is 14.2 Å². The van der Waals surface area contributed by atoms with Gasteiger partial charge in [-0.25, -0.2) is 0 Å². The number of methoxy groups -OCH3 is 2. The summed E-state index contributed by atoms with van der Waals surface area (Å²) in [4.78, 5) is 33.9. The molecule has 0 saturated heterocycles. The molecule has 1 rings (SSSR count). The van der Waals surface area contributed by atoms with E-state index >= 15 is 0 Å². The largest absolute Gasteiger partial charge is 0.492 e. The smallest absolute Gasteiger partial charge is 0.308 e. The lowest BCUT2D eigenvalue weighted by molar-refractivity contribution is -0.141. The summed E-state index contributed by atoms with van der Waals surface area (Å²) in [6.45, 7) is 1.11. The highest BCUT2D eigenvalue weighted by molar-refractivity contribution is 6.20. The van der Waals surface area contributed by atoms with Gasteiger partial charge in [-0.1, -0.05) is 0 Å². The van der Waals surface area contributed by atoms with Gasteiger partial charge in [-0.05, 0) is 0 Å². The van der Waals surface area contributed by atoms with Crippen LogP contribution in [0.4, 0.5) is 0 Å². The number of allylic oxidation sites excluding steroid dienone is 1. The Labute approximate surface area is 91.5 Å². The zero-order valence-corrected chi connectivity index (χ0v) is 9.03. The summed E-state index contributed by atoms with van der Waals surface area (Å²) < 4.78 is 14.0. The van der Waals surface area contributed by atoms with Crippen molar-refractivity contribution in [2.75, 3.05) is 14.2 Å². The van der Waals surface area contributed by atoms with Crippen LogP contribution in [0.3, 0.4) is 0 Å². The first-order valence-electron chi connectivity index (χ1n) is 4.32. The highest BCUT2D eigenvalue weighted by atomic mass is 16.6. The van der Waals surface area contributed by atoms with E-state index in [0.29, 0.717) is 0 Å². The van der Waals surface area contributed by atoms with E-state index in [2.05, 4.69) is 9.47 Å². The number of hydrogen-bond donors (Lipinski definition) is 0. The van der Waals surface area contributed by atoms with Crippen LogP contribution in [0.2, 0.25) is 0 Å². The molecule has 0 aromatic rings. The summed E-state index contributed by atoms with van der Waals surface area (Å²) in [5, 5.41) is 0. The first-order valence-corrected chi connectivity index (χ1v) is 4.32. The monoisotopic (exact) mass is 226 g/mol. The molecule has 0 aromatic carbocycles. The molecule has 1 aliphatic rings. The Hall–Kier alpha value is -2.11. The number of ether oxygens (including phenoxy) is 3. The Bertz CT molecular complexity index is 415. The van der Waals surface area contributed by atoms with Gasteiger partial charge >= 0.3 is 5.97 Å². The predicted octanol–water partition coefficient (Wildman–Crippen LogP) is 0.0896. The summed E-state index contributed by atoms with van der Waals surface area (Å²) in [6, 6.07) is 0. The molecular formula is C10H10O6. The van der Waals surface area contributed by atoms with Crippen LogP contribution >= 0.6 is 0 Å². The third-order valence-electron chi connectivity index (χ3n) is 1.79. The van der Waals surface area contributed by atoms with Gasteiger partial charge in [-0.15, -0.1) is 0 Å². The average molecular weight is 226 g/mol. The maximum absolute atomic E-state index is 11.6. The fourth-order valence-corrected chi connectivity index (χ4v) is 1.16. The number of carbonyl (C=O) groups is 3. The van der Waals surface area contributed by atoms with Crippen LogP contribution in [0.5, 0.6) is 0 Å². The maximum atomic E-state index is 11.6. The summed E-state index contributed by atoms with van der Waals surface area (Å²) in [5.41, 5.74) is 0. The minimum atomic E-state index is -0.719. The molecule has 86 valence electrons. The van der Waals surface area contributed by atoms with E-state index in [0.717, 1.165) is 13.0 Å². The van der Waals surface area contributed by atoms with Crippen molar-refractivity contribution < 1.29 is 28.6 Å². The molecule has 0 unspecified atom stereocenters. The fourth-order valence-electron chi connectivity index (χ4n) is 1.16. The molecule has 16 heavy (non-hydrogen) atoms. The van der Waals surface area contributed by atoms with Crippen molar-refractivity contribution in [3.05, 3.63) is 23.4 Å². The number of Topliss-reactive ketones (excluding diaryl/α,β-unsaturated/α-hetero) is 1. The predicted molar refractivity (Wildman–Crippen MR) is 50.9 cm³/mol. The van der Waals surface area contributed by atoms with Crippen LogP contribution in [-0.4, -0.2) is 31.8 Å². The zero-order chi connectivity index (χ0) is 12.3. The molecule has 0 radical (unpaired) electrons. The van der Waals surface area contributed by atoms with E-state index in [1.165, 1.54) is 14.2 Å². The fraction of sp³-hybridized carbons (Fsp3) is 0.300. The van der Waals surface area contributed by atoms with Crippen molar-refractivity contribution in [3.8, 4) is 0 Å². The molecule has 0 saturated carbocycles. The van der Waals surface area contributed by atoms with Gasteiger partial charge in [0.25, 0.3) is 5.78 Å². The van der Waals surface area contributed by atoms with Gasteiger partial charge in [-0.2, -0.15) is 0 Å². The second kappa shape index (κ2) is 4.61. The maximum Gasteiger partial charge on any atom is 0.308 e. The molecule has 6 nitrogen and oxygen atoms in total. The average Bonchev–Trinajstić information content (AvgIpc) is 2.22. The minimum absolute atomic E-state index is 0.193. The van der Waals surface area contributed by atoms with Crippen molar-refractivity contribution in [1.29, 1.82) is 0 Å². The molecule has 0 bridgehead atoms. The van der Waals surface area contributed by atoms with E-state index in [9.17, 15) is 14.4 Å². The quantitative estimate of drug-likeness (QED) is 0.501. The molecule has 0 fully saturated rings. The Morgan fingerprint density at radius 2 is 1.75 bits per heavy atom. The first-order chi connectivity index (χ1) is 7.51. The molecule has 0 amide bonds. The second-order valence-electron chi connectivity index (χ2n) is 2.86. The molecule has 0 aliphatic heterocycles. The lowest BCUT2D eigenvalue weighted by Crippen LogP contribution is -2.24. The molecule has 0 N–H and O–H groups in total. The molecule has 0 atom stereocenters. The van der Waals surface area contributed by atoms with Gasteiger partial charge in [0.15, 0.2) is 5.76 Å². The number of carbonyl (C=O) groups excluding carboxylic acids is 3. The molecule has 1 aliphatic carbocycles. The topological polar surface area (TPSA) is 78.9 Å². The van der Waals surface area contributed by atoms with Crippen LogP contribution in [0.25, 0.3) is 0 Å². The first kappa shape index (κ1) is 12.0. The van der Waals surface area contributed by atoms with Crippen LogP contribution < -0.4 is 0 Å². The van der Waals surface area contributed by atoms with Gasteiger partial charge in [0, 0.05) is 13.0 Å². The Kier molecular flexibility index (Phi) is 3.44. The van der Waals surface area contributed by atoms with Crippen LogP contribution in [0.15, 0.2) is 23.4 Å². The normalized spacial score (nSPS) is 15.8. The Morgan fingerprint density at radius 3 is 2.19 bits per heavy atom. The van der Waals surface area contributed by atoms with Crippen LogP contribution in [0, 0.1) is 0 Å². The van der Waals surface area contributed by atoms with E-state index < -0.39 is 23.3 Å². The van der Waals surface area contributed by atoms with Crippen molar-refractivity contribution >= 4 is 17.5 Å². The third-order valence-corrected chi connectivity index (χ3v) is 1.79. The number of ketones is 2. The molecular weight excluding hydrogens is 216 g/mol. The van der Waals surface area contributed by atoms with Crippen molar-refractivity contribution in [2.45, 2.75) is 6.92 Å². The van der Waals surface area contributed by atoms with Crippen LogP contribution in [-0.2, 0) is 28.6 Å². The lowest BCUT2D eigenvalue weighted by Gasteiger charge is -2.15. The van der Waals surface area contributed by atoms with Crippen molar-refractivity contribution in [1.82, 2.24) is 0 Å². The summed E-state index contributed by atoms with van der Waals surface area (Å²) in [7, 11) is 2.44. The lowest BCUT2D eigenvalue weighted by atomic mass is 10.1. The summed E-state index contributed by atoms with van der Waals surface area (Å²) >= 11 is 0. The standard InChI is InChI=1S/C10H10O6/c1-5(11)16-10-8(13)7(14-2)4-6(12)9(10)15-3/h4H,1-3H3. The second-order valence-corrected chi connectivity index (χ2v) is 2.86. The van der Waals surface area contributed by atoms with Crippen molar-refractivity contribution in [2.24, 2.45) is 0 Å². The Balaban J connectivity index is 3.18. The van der Waals surface area contributed by atoms with Gasteiger partial charge in [-0.3, -0.25) is 14.4 Å². The van der Waals surface area contributed by atoms with E-state index in [-0.39, 0.29) is 11.5 Å². The summed E-state index contributed by atoms with van der Waals surface area (Å²) in [6.07, 6.45) is 0.980. The minimum Gasteiger partial charge on any atom is -0.492 e. The summed E-state index contributed by atoms with van der Waals surface area (Å²) in [5.74, 6) is -2.95. The number of esters is 1. The zero-order valence-electron chi connectivity index (χ0n) is 9.03. The molecule has 0 aromatic heterocycles. The van der Waals surface area contributed by atoms with Gasteiger partial charge in [0.1, 0.15) is 0 Å². The number of hydrogen-bond acceptors (Lipinski definition) is 6. The highest BCUT2D eigenvalue weighted by Gasteiger charge is 2.33. The molecule has 0 spiro atoms. The van der Waals surface area contributed by atoms with E-state index in [1.54, 1.807) is 0 Å². The van der Waals surface area contributed by atoms with E-state index in [4.69, 9.17) is 4.74 Å². The molecule has 6 heteroatoms. The highest BCUT2D eigenvalue weighted by Crippen LogP contribution is 2.21. The number of rotatable bonds is 3. The van der Waals surface area contributed by atoms with Gasteiger partial charge in [0.2, 0.25) is 17.3 Å². The van der Waals surface area contributed by atoms with Crippen molar-refractivity contribution in [3.63, 3.8) is 0 Å². The SMILES string of the molecule is COC1=CC(=O)C(OC)=C(OC(C)=O)C1=O. The Morgan fingerprint density at radius 1 is 1.12 bits per heavy atom. The van der Waals surface area contributed by atoms with Gasteiger partial charge < -0.3 is 14.2 Å². The third kappa shape index (κ3) is 2.10. The van der Waals surface area contributed by atoms with E-state index in [1.807, 2.05) is 0 Å².